The number of nitrogens with zero attached hydrogens (tertiary/aromatic N) is 5. The van der Waals surface area contributed by atoms with Crippen LogP contribution in [0, 0.1) is 17.7 Å². The minimum Gasteiger partial charge on any atom is -0.356 e. The summed E-state index contributed by atoms with van der Waals surface area (Å²) in [7, 11) is 0. The Morgan fingerprint density at radius 3 is 2.31 bits per heavy atom. The number of likely N-dealkylation sites (tertiary alicyclic amines) is 1. The first-order valence-electron chi connectivity index (χ1n) is 11.6. The molecule has 2 atom stereocenters. The van der Waals surface area contributed by atoms with Gasteiger partial charge in [0.25, 0.3) is 5.91 Å². The predicted octanol–water partition coefficient (Wildman–Crippen LogP) is 4.76. The number of amides is 1. The van der Waals surface area contributed by atoms with Gasteiger partial charge in [-0.3, -0.25) is 4.79 Å². The van der Waals surface area contributed by atoms with Crippen LogP contribution >= 0.6 is 0 Å². The molecule has 2 saturated heterocycles. The van der Waals surface area contributed by atoms with Crippen molar-refractivity contribution in [3.8, 4) is 11.3 Å². The highest BCUT2D eigenvalue weighted by Crippen LogP contribution is 2.37. The molecule has 6 rings (SSSR count). The lowest BCUT2D eigenvalue weighted by molar-refractivity contribution is -0.137. The fraction of sp³-hybridized carbons (Fsp3) is 0.269. The average molecular weight is 495 g/mol. The summed E-state index contributed by atoms with van der Waals surface area (Å²) in [6, 6.07) is 14.1. The molecule has 6 nitrogen and oxygen atoms in total. The molecule has 2 unspecified atom stereocenters. The van der Waals surface area contributed by atoms with E-state index in [1.807, 2.05) is 11.0 Å². The van der Waals surface area contributed by atoms with Crippen LogP contribution in [0.1, 0.15) is 15.9 Å². The molecule has 0 bridgehead atoms. The van der Waals surface area contributed by atoms with Crippen LogP contribution in [0.3, 0.4) is 0 Å². The standard InChI is InChI=1S/C26H21F4N5O/c27-20-6-2-1-5-19(20)24-23(21-7-3-4-10-35(21)32-24)25(36)34-14-16-12-33(13-17(16)15-34)22-9-8-18(11-31-22)26(28,29)30/h1-11,16-17H,12-15H2. The van der Waals surface area contributed by atoms with Gasteiger partial charge < -0.3 is 9.80 Å². The molecule has 3 aromatic heterocycles. The van der Waals surface area contributed by atoms with Gasteiger partial charge in [0, 0.05) is 56.0 Å². The second kappa shape index (κ2) is 8.32. The largest absolute Gasteiger partial charge is 0.417 e. The monoisotopic (exact) mass is 495 g/mol. The fourth-order valence-electron chi connectivity index (χ4n) is 5.30. The molecule has 1 aromatic carbocycles. The van der Waals surface area contributed by atoms with E-state index in [2.05, 4.69) is 10.1 Å². The van der Waals surface area contributed by atoms with Crippen LogP contribution in [0.5, 0.6) is 0 Å². The first kappa shape index (κ1) is 22.5. The number of benzene rings is 1. The van der Waals surface area contributed by atoms with Crippen molar-refractivity contribution >= 4 is 17.2 Å². The van der Waals surface area contributed by atoms with E-state index in [-0.39, 0.29) is 23.3 Å². The zero-order chi connectivity index (χ0) is 25.0. The SMILES string of the molecule is O=C(c1c(-c2ccccc2F)nn2ccccc12)N1CC2CN(c3ccc(C(F)(F)F)cn3)CC2C1. The summed E-state index contributed by atoms with van der Waals surface area (Å²) < 4.78 is 54.8. The van der Waals surface area contributed by atoms with Gasteiger partial charge in [-0.25, -0.2) is 13.9 Å². The summed E-state index contributed by atoms with van der Waals surface area (Å²) in [5, 5.41) is 4.52. The quantitative estimate of drug-likeness (QED) is 0.385. The minimum absolute atomic E-state index is 0.164. The van der Waals surface area contributed by atoms with Crippen LogP contribution in [0.4, 0.5) is 23.4 Å². The minimum atomic E-state index is -4.42. The van der Waals surface area contributed by atoms with E-state index in [4.69, 9.17) is 0 Å². The van der Waals surface area contributed by atoms with E-state index in [1.165, 1.54) is 12.1 Å². The number of rotatable bonds is 3. The van der Waals surface area contributed by atoms with Crippen molar-refractivity contribution in [3.05, 3.63) is 83.9 Å². The van der Waals surface area contributed by atoms with Crippen molar-refractivity contribution in [3.63, 3.8) is 0 Å². The lowest BCUT2D eigenvalue weighted by Crippen LogP contribution is -2.33. The molecule has 2 fully saturated rings. The molecule has 0 saturated carbocycles. The van der Waals surface area contributed by atoms with Crippen LogP contribution in [-0.2, 0) is 6.18 Å². The van der Waals surface area contributed by atoms with Gasteiger partial charge in [0.1, 0.15) is 17.3 Å². The Morgan fingerprint density at radius 2 is 1.64 bits per heavy atom. The van der Waals surface area contributed by atoms with Crippen molar-refractivity contribution in [1.82, 2.24) is 19.5 Å². The van der Waals surface area contributed by atoms with Crippen LogP contribution < -0.4 is 4.90 Å². The Hall–Kier alpha value is -3.95. The molecule has 2 aliphatic heterocycles. The van der Waals surface area contributed by atoms with Gasteiger partial charge in [0.05, 0.1) is 16.6 Å². The average Bonchev–Trinajstić information content (AvgIpc) is 3.55. The lowest BCUT2D eigenvalue weighted by atomic mass is 10.0. The smallest absolute Gasteiger partial charge is 0.356 e. The normalized spacial score (nSPS) is 19.8. The molecule has 0 aliphatic carbocycles. The molecular weight excluding hydrogens is 474 g/mol. The van der Waals surface area contributed by atoms with Crippen molar-refractivity contribution in [2.75, 3.05) is 31.1 Å². The summed E-state index contributed by atoms with van der Waals surface area (Å²) in [6.45, 7) is 2.20. The predicted molar refractivity (Wildman–Crippen MR) is 125 cm³/mol. The second-order valence-corrected chi connectivity index (χ2v) is 9.27. The van der Waals surface area contributed by atoms with E-state index in [0.717, 1.165) is 12.3 Å². The van der Waals surface area contributed by atoms with Crippen molar-refractivity contribution in [2.24, 2.45) is 11.8 Å². The van der Waals surface area contributed by atoms with Crippen LogP contribution in [0.25, 0.3) is 16.8 Å². The zero-order valence-corrected chi connectivity index (χ0v) is 19.0. The highest BCUT2D eigenvalue weighted by atomic mass is 19.4. The van der Waals surface area contributed by atoms with Gasteiger partial charge in [-0.1, -0.05) is 18.2 Å². The van der Waals surface area contributed by atoms with Crippen LogP contribution in [0.2, 0.25) is 0 Å². The maximum absolute atomic E-state index is 14.7. The maximum atomic E-state index is 14.7. The third kappa shape index (κ3) is 3.77. The number of carbonyl (C=O) groups is 1. The number of alkyl halides is 3. The van der Waals surface area contributed by atoms with E-state index in [1.54, 1.807) is 45.9 Å². The van der Waals surface area contributed by atoms with Gasteiger partial charge in [-0.15, -0.1) is 0 Å². The van der Waals surface area contributed by atoms with Gasteiger partial charge in [-0.05, 0) is 36.4 Å². The number of pyridine rings is 2. The Morgan fingerprint density at radius 1 is 0.917 bits per heavy atom. The first-order chi connectivity index (χ1) is 17.3. The topological polar surface area (TPSA) is 53.7 Å². The van der Waals surface area contributed by atoms with E-state index < -0.39 is 17.6 Å². The number of aromatic nitrogens is 3. The molecule has 184 valence electrons. The third-order valence-corrected chi connectivity index (χ3v) is 7.06. The molecule has 1 amide bonds. The van der Waals surface area contributed by atoms with Crippen LogP contribution in [-0.4, -0.2) is 51.6 Å². The number of hydrogen-bond donors (Lipinski definition) is 0. The molecule has 0 spiro atoms. The molecule has 4 aromatic rings. The van der Waals surface area contributed by atoms with Gasteiger partial charge >= 0.3 is 6.18 Å². The first-order valence-corrected chi connectivity index (χ1v) is 11.6. The number of halogens is 4. The summed E-state index contributed by atoms with van der Waals surface area (Å²) in [4.78, 5) is 21.5. The molecule has 2 aliphatic rings. The van der Waals surface area contributed by atoms with Gasteiger partial charge in [0.15, 0.2) is 0 Å². The second-order valence-electron chi connectivity index (χ2n) is 9.27. The summed E-state index contributed by atoms with van der Waals surface area (Å²) >= 11 is 0. The molecule has 0 radical (unpaired) electrons. The molecule has 10 heteroatoms. The fourth-order valence-corrected chi connectivity index (χ4v) is 5.30. The lowest BCUT2D eigenvalue weighted by Gasteiger charge is -2.23. The zero-order valence-electron chi connectivity index (χ0n) is 19.0. The van der Waals surface area contributed by atoms with E-state index >= 15 is 0 Å². The number of carbonyl (C=O) groups excluding carboxylic acids is 1. The molecule has 5 heterocycles. The molecule has 0 N–H and O–H groups in total. The van der Waals surface area contributed by atoms with E-state index in [0.29, 0.717) is 48.8 Å². The Labute approximate surface area is 203 Å². The number of hydrogen-bond acceptors (Lipinski definition) is 4. The van der Waals surface area contributed by atoms with Gasteiger partial charge in [0.2, 0.25) is 0 Å². The summed E-state index contributed by atoms with van der Waals surface area (Å²) in [6.07, 6.45) is -1.84. The van der Waals surface area contributed by atoms with Crippen LogP contribution in [0.15, 0.2) is 67.0 Å². The van der Waals surface area contributed by atoms with Crippen molar-refractivity contribution in [1.29, 1.82) is 0 Å². The Balaban J connectivity index is 1.24. The van der Waals surface area contributed by atoms with Gasteiger partial charge in [-0.2, -0.15) is 18.3 Å². The Kier molecular flexibility index (Phi) is 5.20. The highest BCUT2D eigenvalue weighted by Gasteiger charge is 2.43. The maximum Gasteiger partial charge on any atom is 0.417 e. The number of fused-ring (bicyclic) bond motifs is 2. The molecule has 36 heavy (non-hydrogen) atoms. The third-order valence-electron chi connectivity index (χ3n) is 7.06. The summed E-state index contributed by atoms with van der Waals surface area (Å²) in [5.41, 5.74) is 0.761. The van der Waals surface area contributed by atoms with E-state index in [9.17, 15) is 22.4 Å². The highest BCUT2D eigenvalue weighted by molar-refractivity contribution is 6.06. The van der Waals surface area contributed by atoms with Crippen molar-refractivity contribution < 1.29 is 22.4 Å². The Bertz CT molecular complexity index is 1430. The summed E-state index contributed by atoms with van der Waals surface area (Å²) in [5.74, 6) is 0.171. The number of anilines is 1. The van der Waals surface area contributed by atoms with Crippen molar-refractivity contribution in [2.45, 2.75) is 6.18 Å². The molecular formula is C26H21F4N5O.